The third-order valence-electron chi connectivity index (χ3n) is 17.5. The Morgan fingerprint density at radius 3 is 1.19 bits per heavy atom. The van der Waals surface area contributed by atoms with Gasteiger partial charge in [-0.25, -0.2) is 19.2 Å². The van der Waals surface area contributed by atoms with Crippen molar-refractivity contribution in [3.63, 3.8) is 0 Å². The van der Waals surface area contributed by atoms with Gasteiger partial charge in [0, 0.05) is 16.2 Å². The second-order valence-corrected chi connectivity index (χ2v) is 26.0. The Kier molecular flexibility index (Phi) is 19.5. The summed E-state index contributed by atoms with van der Waals surface area (Å²) in [6.07, 6.45) is 7.95. The van der Waals surface area contributed by atoms with Crippen LogP contribution in [0.1, 0.15) is 220 Å². The molecule has 1 unspecified atom stereocenters. The van der Waals surface area contributed by atoms with Crippen molar-refractivity contribution in [1.82, 2.24) is 0 Å². The molecule has 7 aromatic rings. The predicted octanol–water partition coefficient (Wildman–Crippen LogP) is 19.1. The Morgan fingerprint density at radius 1 is 0.400 bits per heavy atom. The molecule has 0 amide bonds. The molecule has 9 heteroatoms. The van der Waals surface area contributed by atoms with Crippen LogP contribution in [0.4, 0.5) is 0 Å². The first-order valence-electron chi connectivity index (χ1n) is 29.8. The van der Waals surface area contributed by atoms with Crippen molar-refractivity contribution in [3.8, 4) is 23.0 Å². The van der Waals surface area contributed by atoms with Gasteiger partial charge in [-0.2, -0.15) is 0 Å². The van der Waals surface area contributed by atoms with Gasteiger partial charge in [-0.1, -0.05) is 148 Å². The number of rotatable bonds is 22. The molecule has 446 valence electrons. The predicted molar refractivity (Wildman–Crippen MR) is 342 cm³/mol. The Balaban J connectivity index is 0.959. The van der Waals surface area contributed by atoms with E-state index in [4.69, 9.17) is 23.7 Å². The van der Waals surface area contributed by atoms with E-state index < -0.39 is 29.1 Å². The van der Waals surface area contributed by atoms with E-state index in [1.165, 1.54) is 39.4 Å². The average molecular weight is 1150 g/mol. The largest absolute Gasteiger partial charge is 0.457 e. The highest BCUT2D eigenvalue weighted by Crippen LogP contribution is 2.41. The molecule has 0 radical (unpaired) electrons. The highest BCUT2D eigenvalue weighted by Gasteiger charge is 2.31. The van der Waals surface area contributed by atoms with Gasteiger partial charge in [-0.05, 0) is 221 Å². The number of benzene rings is 7. The number of esters is 4. The maximum absolute atomic E-state index is 13.4. The maximum atomic E-state index is 13.4. The molecule has 0 aliphatic rings. The van der Waals surface area contributed by atoms with Crippen LogP contribution in [-0.2, 0) is 31.1 Å². The molecule has 9 nitrogen and oxygen atoms in total. The van der Waals surface area contributed by atoms with Crippen molar-refractivity contribution in [2.24, 2.45) is 0 Å². The summed E-state index contributed by atoms with van der Waals surface area (Å²) in [6, 6.07) is 45.8. The molecule has 0 spiro atoms. The third kappa shape index (κ3) is 15.3. The van der Waals surface area contributed by atoms with Gasteiger partial charge in [-0.15, -0.1) is 0 Å². The van der Waals surface area contributed by atoms with E-state index in [9.17, 15) is 19.2 Å². The topological polar surface area (TPSA) is 114 Å². The second-order valence-electron chi connectivity index (χ2n) is 26.0. The van der Waals surface area contributed by atoms with Crippen molar-refractivity contribution in [3.05, 3.63) is 236 Å². The van der Waals surface area contributed by atoms with Crippen molar-refractivity contribution in [2.75, 3.05) is 0 Å². The van der Waals surface area contributed by atoms with Crippen LogP contribution in [0, 0.1) is 27.7 Å². The van der Waals surface area contributed by atoms with Crippen LogP contribution in [-0.4, -0.2) is 35.1 Å². The number of carbonyl (C=O) groups excluding carboxylic acids is 4. The number of aryl methyl sites for hydroxylation is 4. The van der Waals surface area contributed by atoms with Crippen molar-refractivity contribution >= 4 is 23.9 Å². The zero-order chi connectivity index (χ0) is 62.5. The summed E-state index contributed by atoms with van der Waals surface area (Å²) in [5.41, 5.74) is 10.6. The zero-order valence-corrected chi connectivity index (χ0v) is 53.5. The molecule has 0 N–H and O–H groups in total. The van der Waals surface area contributed by atoms with Crippen LogP contribution in [0.3, 0.4) is 0 Å². The summed E-state index contributed by atoms with van der Waals surface area (Å²) in [5.74, 6) is 0.180. The van der Waals surface area contributed by atoms with Crippen LogP contribution in [0.25, 0.3) is 0 Å². The molecule has 7 aromatic carbocycles. The summed E-state index contributed by atoms with van der Waals surface area (Å²) < 4.78 is 29.1. The molecule has 0 heterocycles. The van der Waals surface area contributed by atoms with Gasteiger partial charge in [0.2, 0.25) is 0 Å². The lowest BCUT2D eigenvalue weighted by Crippen LogP contribution is -2.27. The fraction of sp³-hybridized carbons (Fsp3) is 0.368. The number of allylic oxidation sites excluding steroid dienone is 2. The fourth-order valence-corrected chi connectivity index (χ4v) is 10.6. The van der Waals surface area contributed by atoms with Crippen LogP contribution in [0.2, 0.25) is 0 Å². The van der Waals surface area contributed by atoms with Crippen molar-refractivity contribution in [2.45, 2.75) is 183 Å². The Morgan fingerprint density at radius 2 is 0.776 bits per heavy atom. The number of hydrogen-bond acceptors (Lipinski definition) is 9. The number of carbonyl (C=O) groups is 4. The molecule has 0 aliphatic heterocycles. The molecule has 7 rings (SSSR count). The second kappa shape index (κ2) is 25.7. The molecule has 0 bridgehead atoms. The molecular weight excluding hydrogens is 1060 g/mol. The van der Waals surface area contributed by atoms with Crippen molar-refractivity contribution in [1.29, 1.82) is 0 Å². The molecule has 85 heavy (non-hydrogen) atoms. The van der Waals surface area contributed by atoms with Crippen molar-refractivity contribution < 1.29 is 42.9 Å². The van der Waals surface area contributed by atoms with Gasteiger partial charge in [-0.3, -0.25) is 0 Å². The van der Waals surface area contributed by atoms with Crippen LogP contribution >= 0.6 is 0 Å². The van der Waals surface area contributed by atoms with E-state index in [0.717, 1.165) is 35.1 Å². The normalized spacial score (nSPS) is 13.0. The number of ether oxygens (including phenoxy) is 5. The molecule has 0 aromatic heterocycles. The van der Waals surface area contributed by atoms with E-state index in [-0.39, 0.29) is 33.2 Å². The lowest BCUT2D eigenvalue weighted by molar-refractivity contribution is -0.00356. The zero-order valence-electron chi connectivity index (χ0n) is 53.5. The standard InChI is InChI=1S/C76H88O9/c1-19-72(10,11)84-69(79)54-28-36-62(37-29-54)81-61-34-26-53(27-35-61)67(77)82-65-40-32-59(46-51(65)6)74(14,15)57-30-38-63(49(4)44-57)71(8,9)42-23-43-76(18,21-3)64-39-31-58(45-50(64)5)75(16,17)60-33-41-66(52(7)47-60)83-68(78)55-24-22-25-56(48-55)70(80)85-73(12,13)20-2/h22-41,43-48H,19-21,42H2,1-18H3/b43-23+. The van der Waals surface area contributed by atoms with Crippen LogP contribution < -0.4 is 14.2 Å². The Labute approximate surface area is 506 Å². The molecule has 0 saturated heterocycles. The highest BCUT2D eigenvalue weighted by molar-refractivity contribution is 5.96. The fourth-order valence-electron chi connectivity index (χ4n) is 10.6. The van der Waals surface area contributed by atoms with Gasteiger partial charge in [0.1, 0.15) is 34.2 Å². The van der Waals surface area contributed by atoms with Gasteiger partial charge in [0.15, 0.2) is 0 Å². The minimum Gasteiger partial charge on any atom is -0.457 e. The smallest absolute Gasteiger partial charge is 0.343 e. The van der Waals surface area contributed by atoms with E-state index in [1.807, 2.05) is 79.7 Å². The summed E-state index contributed by atoms with van der Waals surface area (Å²) >= 11 is 0. The van der Waals surface area contributed by atoms with Crippen LogP contribution in [0.15, 0.2) is 158 Å². The molecule has 1 atom stereocenters. The minimum atomic E-state index is -0.615. The monoisotopic (exact) mass is 1140 g/mol. The molecule has 0 aliphatic carbocycles. The maximum Gasteiger partial charge on any atom is 0.343 e. The van der Waals surface area contributed by atoms with Crippen LogP contribution in [0.5, 0.6) is 23.0 Å². The summed E-state index contributed by atoms with van der Waals surface area (Å²) in [5, 5.41) is 0. The summed E-state index contributed by atoms with van der Waals surface area (Å²) in [6.45, 7) is 37.9. The molecular formula is C76H88O9. The van der Waals surface area contributed by atoms with E-state index >= 15 is 0 Å². The first-order chi connectivity index (χ1) is 39.8. The first kappa shape index (κ1) is 64.5. The summed E-state index contributed by atoms with van der Waals surface area (Å²) in [7, 11) is 0. The number of hydrogen-bond donors (Lipinski definition) is 0. The molecule has 0 fully saturated rings. The van der Waals surface area contributed by atoms with Gasteiger partial charge in [0.25, 0.3) is 0 Å². The lowest BCUT2D eigenvalue weighted by atomic mass is 9.72. The minimum absolute atomic E-state index is 0.134. The highest BCUT2D eigenvalue weighted by atomic mass is 16.6. The van der Waals surface area contributed by atoms with Gasteiger partial charge < -0.3 is 23.7 Å². The van der Waals surface area contributed by atoms with E-state index in [2.05, 4.69) is 130 Å². The molecule has 0 saturated carbocycles. The quantitative estimate of drug-likeness (QED) is 0.0372. The summed E-state index contributed by atoms with van der Waals surface area (Å²) in [4.78, 5) is 52.2. The van der Waals surface area contributed by atoms with E-state index in [1.54, 1.807) is 66.7 Å². The average Bonchev–Trinajstić information content (AvgIpc) is 3.11. The Bertz CT molecular complexity index is 3610. The third-order valence-corrected chi connectivity index (χ3v) is 17.5. The van der Waals surface area contributed by atoms with E-state index in [0.29, 0.717) is 52.5 Å². The first-order valence-corrected chi connectivity index (χ1v) is 29.8. The lowest BCUT2D eigenvalue weighted by Gasteiger charge is -2.32. The Hall–Kier alpha value is -8.04. The SMILES string of the molecule is CCC(C)(C)OC(=O)c1ccc(Oc2ccc(C(=O)Oc3ccc(C(C)(C)c4ccc(C(C)(C)C/C=C/C(C)(CC)c5ccc(C(C)(C)c6ccc(OC(=O)c7cccc(C(=O)OC(C)(C)CC)c7)c(C)c6)cc5C)c(C)c4)cc3C)cc2)cc1. The van der Waals surface area contributed by atoms with Gasteiger partial charge >= 0.3 is 23.9 Å². The van der Waals surface area contributed by atoms with Gasteiger partial charge in [0.05, 0.1) is 22.3 Å².